The Morgan fingerprint density at radius 2 is 1.74 bits per heavy atom. The number of hydrogen-bond acceptors (Lipinski definition) is 1. The normalized spacial score (nSPS) is 12.4. The van der Waals surface area contributed by atoms with Gasteiger partial charge < -0.3 is 5.32 Å². The summed E-state index contributed by atoms with van der Waals surface area (Å²) in [5.74, 6) is -0.194. The van der Waals surface area contributed by atoms with Crippen LogP contribution >= 0.6 is 0 Å². The highest BCUT2D eigenvalue weighted by Crippen LogP contribution is 2.23. The maximum atomic E-state index is 13.2. The second-order valence-electron chi connectivity index (χ2n) is 4.65. The molecule has 100 valence electrons. The molecule has 19 heavy (non-hydrogen) atoms. The second kappa shape index (κ2) is 6.48. The summed E-state index contributed by atoms with van der Waals surface area (Å²) in [6, 6.07) is 15.5. The number of nitrogens with one attached hydrogen (secondary N) is 1. The molecule has 2 aromatic rings. The summed E-state index contributed by atoms with van der Waals surface area (Å²) in [5.41, 5.74) is 3.25. The minimum atomic E-state index is -0.194. The summed E-state index contributed by atoms with van der Waals surface area (Å²) in [6.07, 6.45) is 1.06. The van der Waals surface area contributed by atoms with Gasteiger partial charge in [-0.2, -0.15) is 0 Å². The molecule has 0 bridgehead atoms. The van der Waals surface area contributed by atoms with E-state index in [0.29, 0.717) is 6.04 Å². The van der Waals surface area contributed by atoms with Crippen molar-refractivity contribution in [1.29, 1.82) is 0 Å². The molecule has 0 aromatic heterocycles. The largest absolute Gasteiger partial charge is 0.310 e. The Morgan fingerprint density at radius 1 is 1.00 bits per heavy atom. The van der Waals surface area contributed by atoms with Crippen molar-refractivity contribution in [3.8, 4) is 11.1 Å². The molecule has 2 heteroatoms. The Balaban J connectivity index is 2.23. The predicted molar refractivity (Wildman–Crippen MR) is 78.5 cm³/mol. The van der Waals surface area contributed by atoms with Crippen molar-refractivity contribution >= 4 is 0 Å². The fraction of sp³-hybridized carbons (Fsp3) is 0.294. The van der Waals surface area contributed by atoms with E-state index in [1.165, 1.54) is 11.6 Å². The van der Waals surface area contributed by atoms with E-state index in [0.717, 1.165) is 24.1 Å². The van der Waals surface area contributed by atoms with Crippen molar-refractivity contribution in [2.45, 2.75) is 26.3 Å². The van der Waals surface area contributed by atoms with Gasteiger partial charge in [0.1, 0.15) is 5.82 Å². The SMILES string of the molecule is CCNC(CC)c1ccc(-c2cccc(F)c2)cc1. The van der Waals surface area contributed by atoms with E-state index in [2.05, 4.69) is 43.4 Å². The molecule has 0 saturated heterocycles. The average Bonchev–Trinajstić information content (AvgIpc) is 2.45. The van der Waals surface area contributed by atoms with Gasteiger partial charge in [0.2, 0.25) is 0 Å². The molecule has 0 amide bonds. The lowest BCUT2D eigenvalue weighted by Crippen LogP contribution is -2.19. The minimum Gasteiger partial charge on any atom is -0.310 e. The molecule has 0 aliphatic rings. The van der Waals surface area contributed by atoms with Gasteiger partial charge in [-0.05, 0) is 41.8 Å². The van der Waals surface area contributed by atoms with Gasteiger partial charge in [0.25, 0.3) is 0 Å². The highest BCUT2D eigenvalue weighted by Gasteiger charge is 2.07. The quantitative estimate of drug-likeness (QED) is 0.828. The molecule has 1 N–H and O–H groups in total. The molecular weight excluding hydrogens is 237 g/mol. The van der Waals surface area contributed by atoms with E-state index >= 15 is 0 Å². The summed E-state index contributed by atoms with van der Waals surface area (Å²) < 4.78 is 13.2. The summed E-state index contributed by atoms with van der Waals surface area (Å²) in [6.45, 7) is 5.25. The van der Waals surface area contributed by atoms with Crippen LogP contribution in [0.25, 0.3) is 11.1 Å². The molecular formula is C17H20FN. The number of benzene rings is 2. The van der Waals surface area contributed by atoms with Crippen molar-refractivity contribution < 1.29 is 4.39 Å². The van der Waals surface area contributed by atoms with Crippen molar-refractivity contribution in [1.82, 2.24) is 5.32 Å². The van der Waals surface area contributed by atoms with Gasteiger partial charge >= 0.3 is 0 Å². The standard InChI is InChI=1S/C17H20FN/c1-3-17(19-4-2)14-10-8-13(9-11-14)15-6-5-7-16(18)12-15/h5-12,17,19H,3-4H2,1-2H3. The summed E-state index contributed by atoms with van der Waals surface area (Å²) in [4.78, 5) is 0. The maximum Gasteiger partial charge on any atom is 0.123 e. The highest BCUT2D eigenvalue weighted by molar-refractivity contribution is 5.63. The zero-order valence-electron chi connectivity index (χ0n) is 11.5. The average molecular weight is 257 g/mol. The van der Waals surface area contributed by atoms with Crippen LogP contribution in [0.4, 0.5) is 4.39 Å². The van der Waals surface area contributed by atoms with Gasteiger partial charge in [0.15, 0.2) is 0 Å². The molecule has 1 atom stereocenters. The Kier molecular flexibility index (Phi) is 4.69. The Hall–Kier alpha value is -1.67. The van der Waals surface area contributed by atoms with Crippen LogP contribution in [0.2, 0.25) is 0 Å². The van der Waals surface area contributed by atoms with E-state index in [1.54, 1.807) is 12.1 Å². The topological polar surface area (TPSA) is 12.0 Å². The van der Waals surface area contributed by atoms with Crippen LogP contribution in [0, 0.1) is 5.82 Å². The Morgan fingerprint density at radius 3 is 2.32 bits per heavy atom. The molecule has 0 saturated carbocycles. The Bertz CT molecular complexity index is 519. The van der Waals surface area contributed by atoms with E-state index in [9.17, 15) is 4.39 Å². The van der Waals surface area contributed by atoms with Gasteiger partial charge in [-0.15, -0.1) is 0 Å². The third-order valence-electron chi connectivity index (χ3n) is 3.33. The molecule has 1 unspecified atom stereocenters. The van der Waals surface area contributed by atoms with Gasteiger partial charge in [-0.1, -0.05) is 50.2 Å². The monoisotopic (exact) mass is 257 g/mol. The Labute approximate surface area is 114 Å². The summed E-state index contributed by atoms with van der Waals surface area (Å²) >= 11 is 0. The van der Waals surface area contributed by atoms with Crippen molar-refractivity contribution in [2.24, 2.45) is 0 Å². The molecule has 0 heterocycles. The molecule has 1 nitrogen and oxygen atoms in total. The van der Waals surface area contributed by atoms with E-state index in [4.69, 9.17) is 0 Å². The summed E-state index contributed by atoms with van der Waals surface area (Å²) in [5, 5.41) is 3.46. The van der Waals surface area contributed by atoms with Crippen molar-refractivity contribution in [2.75, 3.05) is 6.54 Å². The fourth-order valence-electron chi connectivity index (χ4n) is 2.32. The van der Waals surface area contributed by atoms with Crippen LogP contribution in [0.15, 0.2) is 48.5 Å². The van der Waals surface area contributed by atoms with Crippen LogP contribution < -0.4 is 5.32 Å². The molecule has 0 fully saturated rings. The van der Waals surface area contributed by atoms with E-state index in [1.807, 2.05) is 6.07 Å². The first-order chi connectivity index (χ1) is 9.24. The number of hydrogen-bond donors (Lipinski definition) is 1. The lowest BCUT2D eigenvalue weighted by atomic mass is 9.99. The first-order valence-electron chi connectivity index (χ1n) is 6.84. The van der Waals surface area contributed by atoms with Gasteiger partial charge in [-0.25, -0.2) is 4.39 Å². The predicted octanol–water partition coefficient (Wildman–Crippen LogP) is 4.55. The zero-order chi connectivity index (χ0) is 13.7. The smallest absolute Gasteiger partial charge is 0.123 e. The number of rotatable bonds is 5. The van der Waals surface area contributed by atoms with Crippen molar-refractivity contribution in [3.63, 3.8) is 0 Å². The first kappa shape index (κ1) is 13.8. The molecule has 0 aliphatic heterocycles. The zero-order valence-corrected chi connectivity index (χ0v) is 11.5. The highest BCUT2D eigenvalue weighted by atomic mass is 19.1. The molecule has 2 rings (SSSR count). The van der Waals surface area contributed by atoms with Crippen LogP contribution in [0.3, 0.4) is 0 Å². The van der Waals surface area contributed by atoms with Crippen LogP contribution in [0.1, 0.15) is 31.9 Å². The third-order valence-corrected chi connectivity index (χ3v) is 3.33. The first-order valence-corrected chi connectivity index (χ1v) is 6.84. The molecule has 2 aromatic carbocycles. The number of halogens is 1. The van der Waals surface area contributed by atoms with Gasteiger partial charge in [-0.3, -0.25) is 0 Å². The maximum absolute atomic E-state index is 13.2. The van der Waals surface area contributed by atoms with E-state index in [-0.39, 0.29) is 5.82 Å². The van der Waals surface area contributed by atoms with E-state index < -0.39 is 0 Å². The molecule has 0 radical (unpaired) electrons. The second-order valence-corrected chi connectivity index (χ2v) is 4.65. The lowest BCUT2D eigenvalue weighted by molar-refractivity contribution is 0.537. The fourth-order valence-corrected chi connectivity index (χ4v) is 2.32. The van der Waals surface area contributed by atoms with Crippen LogP contribution in [0.5, 0.6) is 0 Å². The molecule has 0 aliphatic carbocycles. The minimum absolute atomic E-state index is 0.194. The molecule has 0 spiro atoms. The van der Waals surface area contributed by atoms with Crippen molar-refractivity contribution in [3.05, 3.63) is 59.9 Å². The van der Waals surface area contributed by atoms with Gasteiger partial charge in [0, 0.05) is 6.04 Å². The van der Waals surface area contributed by atoms with Crippen LogP contribution in [-0.4, -0.2) is 6.54 Å². The van der Waals surface area contributed by atoms with Crippen LogP contribution in [-0.2, 0) is 0 Å². The third kappa shape index (κ3) is 3.42. The van der Waals surface area contributed by atoms with Gasteiger partial charge in [0.05, 0.1) is 0 Å². The lowest BCUT2D eigenvalue weighted by Gasteiger charge is -2.16. The summed E-state index contributed by atoms with van der Waals surface area (Å²) in [7, 11) is 0.